The van der Waals surface area contributed by atoms with Crippen LogP contribution in [0.5, 0.6) is 0 Å². The molecule has 1 fully saturated rings. The van der Waals surface area contributed by atoms with E-state index in [1.165, 1.54) is 35.2 Å². The summed E-state index contributed by atoms with van der Waals surface area (Å²) in [6, 6.07) is 7.79. The summed E-state index contributed by atoms with van der Waals surface area (Å²) in [6.07, 6.45) is -4.92. The number of rotatable bonds is 5. The Hall–Kier alpha value is -3.89. The minimum Gasteiger partial charge on any atom is -0.481 e. The number of nitrogens with zero attached hydrogens (tertiary/aromatic N) is 1. The number of carboxylic acid groups (broad SMARTS) is 1. The van der Waals surface area contributed by atoms with Crippen LogP contribution < -0.4 is 10.6 Å². The lowest BCUT2D eigenvalue weighted by atomic mass is 9.99. The quantitative estimate of drug-likeness (QED) is 0.615. The van der Waals surface area contributed by atoms with E-state index < -0.39 is 47.5 Å². The highest BCUT2D eigenvalue weighted by atomic mass is 19.4. The number of hydrogen-bond donors (Lipinski definition) is 3. The zero-order valence-corrected chi connectivity index (χ0v) is 17.7. The monoisotopic (exact) mass is 475 g/mol. The second-order valence-electron chi connectivity index (χ2n) is 8.20. The average Bonchev–Trinajstić information content (AvgIpc) is 3.17. The molecule has 2 aliphatic rings. The molecule has 0 aromatic heterocycles. The number of nitrogens with one attached hydrogen (secondary N) is 2. The van der Waals surface area contributed by atoms with Crippen LogP contribution in [-0.2, 0) is 20.6 Å². The number of aliphatic carboxylic acids is 1. The van der Waals surface area contributed by atoms with Gasteiger partial charge in [-0.25, -0.2) is 0 Å². The predicted octanol–water partition coefficient (Wildman–Crippen LogP) is 2.89. The second kappa shape index (κ2) is 8.81. The van der Waals surface area contributed by atoms with Crippen LogP contribution >= 0.6 is 0 Å². The van der Waals surface area contributed by atoms with E-state index in [2.05, 4.69) is 10.6 Å². The van der Waals surface area contributed by atoms with Gasteiger partial charge in [-0.15, -0.1) is 0 Å². The lowest BCUT2D eigenvalue weighted by Gasteiger charge is -2.20. The van der Waals surface area contributed by atoms with E-state index in [0.29, 0.717) is 5.56 Å². The predicted molar refractivity (Wildman–Crippen MR) is 114 cm³/mol. The van der Waals surface area contributed by atoms with Gasteiger partial charge >= 0.3 is 12.1 Å². The van der Waals surface area contributed by atoms with Gasteiger partial charge in [0.05, 0.1) is 23.2 Å². The maximum atomic E-state index is 13.3. The Morgan fingerprint density at radius 1 is 1.09 bits per heavy atom. The summed E-state index contributed by atoms with van der Waals surface area (Å²) < 4.78 is 39.3. The zero-order valence-electron chi connectivity index (χ0n) is 17.7. The molecule has 2 atom stereocenters. The van der Waals surface area contributed by atoms with Gasteiger partial charge < -0.3 is 20.6 Å². The first-order chi connectivity index (χ1) is 16.0. The van der Waals surface area contributed by atoms with Crippen molar-refractivity contribution < 1.29 is 37.5 Å². The molecule has 34 heavy (non-hydrogen) atoms. The number of carbonyl (C=O) groups is 4. The molecule has 0 spiro atoms. The molecule has 11 heteroatoms. The highest BCUT2D eigenvalue weighted by Gasteiger charge is 2.43. The lowest BCUT2D eigenvalue weighted by Crippen LogP contribution is -2.41. The van der Waals surface area contributed by atoms with Gasteiger partial charge in [0, 0.05) is 19.0 Å². The number of anilines is 1. The fourth-order valence-corrected chi connectivity index (χ4v) is 4.19. The van der Waals surface area contributed by atoms with E-state index in [4.69, 9.17) is 5.11 Å². The average molecular weight is 475 g/mol. The van der Waals surface area contributed by atoms with Crippen LogP contribution in [0.3, 0.4) is 0 Å². The van der Waals surface area contributed by atoms with Crippen molar-refractivity contribution in [2.24, 2.45) is 0 Å². The van der Waals surface area contributed by atoms with Crippen LogP contribution in [0.1, 0.15) is 35.2 Å². The molecule has 0 bridgehead atoms. The summed E-state index contributed by atoms with van der Waals surface area (Å²) in [7, 11) is 0. The van der Waals surface area contributed by atoms with Gasteiger partial charge in [-0.2, -0.15) is 13.2 Å². The third kappa shape index (κ3) is 4.73. The SMILES string of the molecule is O=C(O)CCC(=O)N[C@H]1C[C@H]2C(=O)Nc3ccc(-c4cccc(C(F)(F)F)c4)cc3C(=O)N2C1. The molecule has 0 aliphatic carbocycles. The summed E-state index contributed by atoms with van der Waals surface area (Å²) in [5.74, 6) is -2.54. The van der Waals surface area contributed by atoms with Gasteiger partial charge in [-0.1, -0.05) is 18.2 Å². The standard InChI is InChI=1S/C23H20F3N3O5/c24-23(25,26)14-3-1-2-12(8-14)13-4-5-17-16(9-13)22(34)29-11-15(10-18(29)21(33)28-17)27-19(30)6-7-20(31)32/h1-5,8-9,15,18H,6-7,10-11H2,(H,27,30)(H,28,33)(H,31,32)/t15-,18-/m0/s1. The van der Waals surface area contributed by atoms with Crippen LogP contribution in [0.15, 0.2) is 42.5 Å². The Bertz CT molecular complexity index is 1180. The molecule has 0 radical (unpaired) electrons. The number of alkyl halides is 3. The molecule has 2 aromatic carbocycles. The zero-order chi connectivity index (χ0) is 24.6. The molecule has 2 aromatic rings. The van der Waals surface area contributed by atoms with E-state index in [0.717, 1.165) is 12.1 Å². The largest absolute Gasteiger partial charge is 0.481 e. The summed E-state index contributed by atoms with van der Waals surface area (Å²) in [4.78, 5) is 50.0. The number of benzene rings is 2. The first-order valence-corrected chi connectivity index (χ1v) is 10.5. The van der Waals surface area contributed by atoms with Crippen molar-refractivity contribution in [2.75, 3.05) is 11.9 Å². The fraction of sp³-hybridized carbons (Fsp3) is 0.304. The smallest absolute Gasteiger partial charge is 0.416 e. The van der Waals surface area contributed by atoms with Gasteiger partial charge in [-0.3, -0.25) is 19.2 Å². The Kier molecular flexibility index (Phi) is 6.03. The molecule has 0 saturated carbocycles. The highest BCUT2D eigenvalue weighted by Crippen LogP contribution is 2.35. The summed E-state index contributed by atoms with van der Waals surface area (Å²) in [6.45, 7) is 0.0446. The Labute approximate surface area is 191 Å². The number of fused-ring (bicyclic) bond motifs is 2. The molecule has 3 amide bonds. The summed E-state index contributed by atoms with van der Waals surface area (Å²) in [5.41, 5.74) is 0.206. The van der Waals surface area contributed by atoms with Crippen molar-refractivity contribution in [1.29, 1.82) is 0 Å². The fourth-order valence-electron chi connectivity index (χ4n) is 4.19. The Morgan fingerprint density at radius 3 is 2.53 bits per heavy atom. The minimum atomic E-state index is -4.52. The number of amides is 3. The molecule has 3 N–H and O–H groups in total. The van der Waals surface area contributed by atoms with Gasteiger partial charge in [0.1, 0.15) is 6.04 Å². The number of carboxylic acids is 1. The first-order valence-electron chi connectivity index (χ1n) is 10.5. The maximum Gasteiger partial charge on any atom is 0.416 e. The van der Waals surface area contributed by atoms with Crippen LogP contribution in [0, 0.1) is 0 Å². The van der Waals surface area contributed by atoms with Crippen molar-refractivity contribution in [3.63, 3.8) is 0 Å². The van der Waals surface area contributed by atoms with E-state index in [1.54, 1.807) is 0 Å². The normalized spacial score (nSPS) is 19.7. The van der Waals surface area contributed by atoms with Gasteiger partial charge in [0.2, 0.25) is 11.8 Å². The van der Waals surface area contributed by atoms with Crippen molar-refractivity contribution >= 4 is 29.4 Å². The number of hydrogen-bond acceptors (Lipinski definition) is 4. The number of halogens is 3. The molecule has 178 valence electrons. The molecular weight excluding hydrogens is 455 g/mol. The van der Waals surface area contributed by atoms with Crippen LogP contribution in [0.2, 0.25) is 0 Å². The van der Waals surface area contributed by atoms with E-state index in [9.17, 15) is 32.3 Å². The van der Waals surface area contributed by atoms with Crippen LogP contribution in [0.4, 0.5) is 18.9 Å². The molecule has 1 saturated heterocycles. The number of carbonyl (C=O) groups excluding carboxylic acids is 3. The maximum absolute atomic E-state index is 13.3. The van der Waals surface area contributed by atoms with Gasteiger partial charge in [-0.05, 0) is 41.8 Å². The molecule has 4 rings (SSSR count). The van der Waals surface area contributed by atoms with Crippen molar-refractivity contribution in [3.8, 4) is 11.1 Å². The van der Waals surface area contributed by atoms with Crippen molar-refractivity contribution in [1.82, 2.24) is 10.2 Å². The summed E-state index contributed by atoms with van der Waals surface area (Å²) in [5, 5.41) is 14.0. The van der Waals surface area contributed by atoms with Gasteiger partial charge in [0.15, 0.2) is 0 Å². The van der Waals surface area contributed by atoms with E-state index in [1.807, 2.05) is 0 Å². The van der Waals surface area contributed by atoms with Crippen molar-refractivity contribution in [2.45, 2.75) is 37.5 Å². The molecular formula is C23H20F3N3O5. The van der Waals surface area contributed by atoms with Gasteiger partial charge in [0.25, 0.3) is 5.91 Å². The molecule has 8 nitrogen and oxygen atoms in total. The van der Waals surface area contributed by atoms with E-state index in [-0.39, 0.29) is 42.6 Å². The highest BCUT2D eigenvalue weighted by molar-refractivity contribution is 6.11. The topological polar surface area (TPSA) is 116 Å². The van der Waals surface area contributed by atoms with Crippen LogP contribution in [-0.4, -0.2) is 52.3 Å². The Morgan fingerprint density at radius 2 is 1.82 bits per heavy atom. The molecule has 0 unspecified atom stereocenters. The summed E-state index contributed by atoms with van der Waals surface area (Å²) >= 11 is 0. The third-order valence-electron chi connectivity index (χ3n) is 5.83. The van der Waals surface area contributed by atoms with Crippen molar-refractivity contribution in [3.05, 3.63) is 53.6 Å². The first kappa shape index (κ1) is 23.3. The molecule has 2 heterocycles. The van der Waals surface area contributed by atoms with Crippen LogP contribution in [0.25, 0.3) is 11.1 Å². The van der Waals surface area contributed by atoms with E-state index >= 15 is 0 Å². The minimum absolute atomic E-state index is 0.0446. The molecule has 2 aliphatic heterocycles. The lowest BCUT2D eigenvalue weighted by molar-refractivity contribution is -0.139. The second-order valence-corrected chi connectivity index (χ2v) is 8.20. The third-order valence-corrected chi connectivity index (χ3v) is 5.83. The Balaban J connectivity index is 1.58.